The number of amides is 1. The Labute approximate surface area is 177 Å². The molecule has 4 aromatic rings. The summed E-state index contributed by atoms with van der Waals surface area (Å²) in [5.41, 5.74) is 3.03. The van der Waals surface area contributed by atoms with E-state index in [1.807, 2.05) is 32.3 Å². The highest BCUT2D eigenvalue weighted by atomic mass is 32.1. The fraction of sp³-hybridized carbons (Fsp3) is 0.273. The van der Waals surface area contributed by atoms with Gasteiger partial charge in [0.25, 0.3) is 5.91 Å². The molecule has 148 valence electrons. The van der Waals surface area contributed by atoms with Crippen molar-refractivity contribution in [3.63, 3.8) is 0 Å². The Morgan fingerprint density at radius 3 is 2.59 bits per heavy atom. The quantitative estimate of drug-likeness (QED) is 0.486. The van der Waals surface area contributed by atoms with Gasteiger partial charge in [0.15, 0.2) is 4.96 Å². The molecule has 0 aliphatic carbocycles. The summed E-state index contributed by atoms with van der Waals surface area (Å²) < 4.78 is 1.95. The monoisotopic (exact) mass is 422 g/mol. The number of rotatable bonds is 5. The molecule has 1 aromatic carbocycles. The minimum absolute atomic E-state index is 0.106. The fourth-order valence-corrected chi connectivity index (χ4v) is 5.28. The van der Waals surface area contributed by atoms with Crippen molar-refractivity contribution in [1.82, 2.24) is 19.2 Å². The van der Waals surface area contributed by atoms with Crippen LogP contribution in [0.5, 0.6) is 0 Å². The van der Waals surface area contributed by atoms with Crippen molar-refractivity contribution < 1.29 is 4.79 Å². The van der Waals surface area contributed by atoms with Crippen molar-refractivity contribution >= 4 is 33.5 Å². The average Bonchev–Trinajstić information content (AvgIpc) is 3.49. The maximum Gasteiger partial charge on any atom is 0.271 e. The number of hydrogen-bond donors (Lipinski definition) is 0. The zero-order valence-electron chi connectivity index (χ0n) is 16.0. The van der Waals surface area contributed by atoms with Gasteiger partial charge in [0.05, 0.1) is 4.88 Å². The Balaban J connectivity index is 1.23. The molecule has 1 aliphatic rings. The van der Waals surface area contributed by atoms with Gasteiger partial charge in [0.1, 0.15) is 11.4 Å². The molecular weight excluding hydrogens is 400 g/mol. The lowest BCUT2D eigenvalue weighted by Gasteiger charge is -2.34. The summed E-state index contributed by atoms with van der Waals surface area (Å²) in [5.74, 6) is 0.106. The van der Waals surface area contributed by atoms with Gasteiger partial charge in [-0.15, -0.1) is 22.7 Å². The first-order valence-corrected chi connectivity index (χ1v) is 11.6. The van der Waals surface area contributed by atoms with E-state index in [0.29, 0.717) is 0 Å². The highest BCUT2D eigenvalue weighted by Gasteiger charge is 2.25. The summed E-state index contributed by atoms with van der Waals surface area (Å²) in [6.45, 7) is 4.45. The van der Waals surface area contributed by atoms with Crippen LogP contribution < -0.4 is 0 Å². The van der Waals surface area contributed by atoms with E-state index in [4.69, 9.17) is 0 Å². The summed E-state index contributed by atoms with van der Waals surface area (Å²) in [4.78, 5) is 24.2. The largest absolute Gasteiger partial charge is 0.335 e. The van der Waals surface area contributed by atoms with Crippen molar-refractivity contribution in [2.45, 2.75) is 6.42 Å². The zero-order chi connectivity index (χ0) is 19.6. The highest BCUT2D eigenvalue weighted by Crippen LogP contribution is 2.27. The van der Waals surface area contributed by atoms with Crippen molar-refractivity contribution in [3.8, 4) is 10.6 Å². The predicted molar refractivity (Wildman–Crippen MR) is 119 cm³/mol. The number of imidazole rings is 1. The van der Waals surface area contributed by atoms with E-state index in [1.165, 1.54) is 16.9 Å². The number of nitrogens with zero attached hydrogens (tertiary/aromatic N) is 4. The molecule has 0 N–H and O–H groups in total. The summed E-state index contributed by atoms with van der Waals surface area (Å²) in [7, 11) is 0. The van der Waals surface area contributed by atoms with Crippen LogP contribution in [0.3, 0.4) is 0 Å². The van der Waals surface area contributed by atoms with Gasteiger partial charge in [-0.05, 0) is 23.4 Å². The Kier molecular flexibility index (Phi) is 5.18. The molecule has 0 radical (unpaired) electrons. The molecule has 0 unspecified atom stereocenters. The normalized spacial score (nSPS) is 15.2. The lowest BCUT2D eigenvalue weighted by molar-refractivity contribution is 0.0632. The first kappa shape index (κ1) is 18.5. The predicted octanol–water partition coefficient (Wildman–Crippen LogP) is 4.12. The molecule has 4 heterocycles. The van der Waals surface area contributed by atoms with Crippen molar-refractivity contribution in [2.24, 2.45) is 0 Å². The van der Waals surface area contributed by atoms with E-state index in [0.717, 1.165) is 60.4 Å². The van der Waals surface area contributed by atoms with E-state index in [1.54, 1.807) is 11.3 Å². The van der Waals surface area contributed by atoms with Gasteiger partial charge in [0, 0.05) is 44.3 Å². The number of fused-ring (bicyclic) bond motifs is 1. The molecule has 0 bridgehead atoms. The first-order chi connectivity index (χ1) is 14.3. The van der Waals surface area contributed by atoms with Crippen LogP contribution >= 0.6 is 22.7 Å². The standard InChI is InChI=1S/C22H22N4OS2/c27-21(19-16-29-22-23-18(15-26(19)22)20-7-4-14-28-20)25-12-10-24(11-13-25)9-8-17-5-2-1-3-6-17/h1-7,14-16H,8-13H2. The van der Waals surface area contributed by atoms with Gasteiger partial charge in [0.2, 0.25) is 0 Å². The first-order valence-electron chi connectivity index (χ1n) is 9.84. The minimum atomic E-state index is 0.106. The van der Waals surface area contributed by atoms with Crippen LogP contribution in [0.25, 0.3) is 15.5 Å². The van der Waals surface area contributed by atoms with Gasteiger partial charge in [-0.3, -0.25) is 14.1 Å². The van der Waals surface area contributed by atoms with Crippen LogP contribution in [-0.2, 0) is 6.42 Å². The van der Waals surface area contributed by atoms with Gasteiger partial charge < -0.3 is 4.90 Å². The molecule has 0 spiro atoms. The highest BCUT2D eigenvalue weighted by molar-refractivity contribution is 7.15. The lowest BCUT2D eigenvalue weighted by Crippen LogP contribution is -2.49. The maximum absolute atomic E-state index is 13.1. The molecular formula is C22H22N4OS2. The molecule has 1 aliphatic heterocycles. The van der Waals surface area contributed by atoms with Crippen LogP contribution in [-0.4, -0.2) is 57.8 Å². The van der Waals surface area contributed by atoms with E-state index in [2.05, 4.69) is 46.3 Å². The van der Waals surface area contributed by atoms with Gasteiger partial charge in [-0.2, -0.15) is 0 Å². The minimum Gasteiger partial charge on any atom is -0.335 e. The number of aromatic nitrogens is 2. The van der Waals surface area contributed by atoms with Crippen LogP contribution in [0.15, 0.2) is 59.4 Å². The second-order valence-corrected chi connectivity index (χ2v) is 9.03. The van der Waals surface area contributed by atoms with Gasteiger partial charge >= 0.3 is 0 Å². The summed E-state index contributed by atoms with van der Waals surface area (Å²) in [5, 5.41) is 3.98. The van der Waals surface area contributed by atoms with E-state index >= 15 is 0 Å². The SMILES string of the molecule is O=C(c1csc2nc(-c3cccs3)cn12)N1CCN(CCc2ccccc2)CC1. The molecule has 5 nitrogen and oxygen atoms in total. The number of thiazole rings is 1. The third-order valence-corrected chi connectivity index (χ3v) is 7.15. The third kappa shape index (κ3) is 3.85. The third-order valence-electron chi connectivity index (χ3n) is 5.42. The number of piperazine rings is 1. The Morgan fingerprint density at radius 1 is 1.00 bits per heavy atom. The molecule has 1 saturated heterocycles. The number of hydrogen-bond acceptors (Lipinski definition) is 5. The van der Waals surface area contributed by atoms with Crippen molar-refractivity contribution in [2.75, 3.05) is 32.7 Å². The van der Waals surface area contributed by atoms with Gasteiger partial charge in [-0.25, -0.2) is 4.98 Å². The topological polar surface area (TPSA) is 40.9 Å². The van der Waals surface area contributed by atoms with Crippen LogP contribution in [0.4, 0.5) is 0 Å². The van der Waals surface area contributed by atoms with Crippen LogP contribution in [0.1, 0.15) is 16.1 Å². The average molecular weight is 423 g/mol. The van der Waals surface area contributed by atoms with E-state index < -0.39 is 0 Å². The molecule has 29 heavy (non-hydrogen) atoms. The maximum atomic E-state index is 13.1. The summed E-state index contributed by atoms with van der Waals surface area (Å²) in [6.07, 6.45) is 3.04. The Morgan fingerprint density at radius 2 is 1.83 bits per heavy atom. The second kappa shape index (κ2) is 8.10. The number of carbonyl (C=O) groups excluding carboxylic acids is 1. The molecule has 3 aromatic heterocycles. The zero-order valence-corrected chi connectivity index (χ0v) is 17.7. The lowest BCUT2D eigenvalue weighted by atomic mass is 10.1. The van der Waals surface area contributed by atoms with E-state index in [9.17, 15) is 4.79 Å². The Hall–Kier alpha value is -2.48. The smallest absolute Gasteiger partial charge is 0.271 e. The molecule has 5 rings (SSSR count). The molecule has 0 saturated carbocycles. The molecule has 7 heteroatoms. The second-order valence-electron chi connectivity index (χ2n) is 7.25. The molecule has 1 fully saturated rings. The number of thiophene rings is 1. The molecule has 0 atom stereocenters. The number of benzene rings is 1. The fourth-order valence-electron chi connectivity index (χ4n) is 3.75. The van der Waals surface area contributed by atoms with Gasteiger partial charge in [-0.1, -0.05) is 36.4 Å². The van der Waals surface area contributed by atoms with Crippen molar-refractivity contribution in [1.29, 1.82) is 0 Å². The number of carbonyl (C=O) groups is 1. The Bertz CT molecular complexity index is 1090. The molecule has 1 amide bonds. The van der Waals surface area contributed by atoms with Crippen LogP contribution in [0.2, 0.25) is 0 Å². The van der Waals surface area contributed by atoms with Crippen LogP contribution in [0, 0.1) is 0 Å². The van der Waals surface area contributed by atoms with Crippen molar-refractivity contribution in [3.05, 3.63) is 70.7 Å². The van der Waals surface area contributed by atoms with E-state index in [-0.39, 0.29) is 5.91 Å². The summed E-state index contributed by atoms with van der Waals surface area (Å²) >= 11 is 3.20. The summed E-state index contributed by atoms with van der Waals surface area (Å²) in [6, 6.07) is 14.7.